The lowest BCUT2D eigenvalue weighted by Crippen LogP contribution is -2.27. The average molecular weight is 316 g/mol. The molecule has 0 heterocycles. The molecule has 0 saturated carbocycles. The molecule has 1 N–H and O–H groups in total. The van der Waals surface area contributed by atoms with Gasteiger partial charge in [0.2, 0.25) is 0 Å². The first-order valence-electron chi connectivity index (χ1n) is 7.08. The summed E-state index contributed by atoms with van der Waals surface area (Å²) in [5.41, 5.74) is 2.21. The van der Waals surface area contributed by atoms with Gasteiger partial charge >= 0.3 is 0 Å². The van der Waals surface area contributed by atoms with E-state index in [2.05, 4.69) is 6.58 Å². The molecule has 2 aromatic carbocycles. The van der Waals surface area contributed by atoms with E-state index in [1.807, 2.05) is 37.3 Å². The molecule has 3 nitrogen and oxygen atoms in total. The van der Waals surface area contributed by atoms with Gasteiger partial charge in [0.15, 0.2) is 9.84 Å². The van der Waals surface area contributed by atoms with Crippen molar-refractivity contribution in [2.45, 2.75) is 23.5 Å². The first-order valence-corrected chi connectivity index (χ1v) is 8.63. The standard InChI is InChI=1S/C18H20O3S/c1-14-8-10-17(11-9-14)22(20,21)18(15(2)13-19)12-16-6-4-3-5-7-16/h3-11,18-19H,2,12-13H2,1H3. The third kappa shape index (κ3) is 3.64. The lowest BCUT2D eigenvalue weighted by atomic mass is 10.1. The van der Waals surface area contributed by atoms with Crippen molar-refractivity contribution in [2.75, 3.05) is 6.61 Å². The Morgan fingerprint density at radius 1 is 1.09 bits per heavy atom. The van der Waals surface area contributed by atoms with Gasteiger partial charge in [-0.3, -0.25) is 0 Å². The van der Waals surface area contributed by atoms with E-state index in [4.69, 9.17) is 0 Å². The zero-order valence-corrected chi connectivity index (χ0v) is 13.4. The highest BCUT2D eigenvalue weighted by atomic mass is 32.2. The van der Waals surface area contributed by atoms with Crippen LogP contribution in [0.5, 0.6) is 0 Å². The predicted octanol–water partition coefficient (Wildman–Crippen LogP) is 2.93. The molecule has 116 valence electrons. The molecule has 22 heavy (non-hydrogen) atoms. The zero-order chi connectivity index (χ0) is 16.2. The monoisotopic (exact) mass is 316 g/mol. The smallest absolute Gasteiger partial charge is 0.185 e. The van der Waals surface area contributed by atoms with Crippen molar-refractivity contribution in [1.82, 2.24) is 0 Å². The predicted molar refractivity (Wildman–Crippen MR) is 88.5 cm³/mol. The molecule has 0 radical (unpaired) electrons. The first kappa shape index (κ1) is 16.5. The molecule has 0 spiro atoms. The molecule has 0 amide bonds. The number of hydrogen-bond donors (Lipinski definition) is 1. The second-order valence-corrected chi connectivity index (χ2v) is 7.48. The summed E-state index contributed by atoms with van der Waals surface area (Å²) in [5.74, 6) is 0. The Bertz CT molecular complexity index is 732. The fourth-order valence-electron chi connectivity index (χ4n) is 2.30. The summed E-state index contributed by atoms with van der Waals surface area (Å²) < 4.78 is 25.8. The van der Waals surface area contributed by atoms with E-state index in [1.54, 1.807) is 24.3 Å². The van der Waals surface area contributed by atoms with Crippen LogP contribution in [0.1, 0.15) is 11.1 Å². The van der Waals surface area contributed by atoms with Gasteiger partial charge in [-0.15, -0.1) is 0 Å². The van der Waals surface area contributed by atoms with Crippen LogP contribution in [-0.2, 0) is 16.3 Å². The number of hydrogen-bond acceptors (Lipinski definition) is 3. The summed E-state index contributed by atoms with van der Waals surface area (Å²) in [6.45, 7) is 5.31. The van der Waals surface area contributed by atoms with Crippen LogP contribution in [0.25, 0.3) is 0 Å². The molecule has 1 atom stereocenters. The van der Waals surface area contributed by atoms with Crippen molar-refractivity contribution in [1.29, 1.82) is 0 Å². The summed E-state index contributed by atoms with van der Waals surface area (Å²) in [7, 11) is -3.59. The van der Waals surface area contributed by atoms with Gasteiger partial charge in [-0.25, -0.2) is 8.42 Å². The highest BCUT2D eigenvalue weighted by molar-refractivity contribution is 7.92. The van der Waals surface area contributed by atoms with Gasteiger partial charge in [0.05, 0.1) is 16.8 Å². The van der Waals surface area contributed by atoms with Crippen LogP contribution >= 0.6 is 0 Å². The minimum Gasteiger partial charge on any atom is -0.392 e. The van der Waals surface area contributed by atoms with Crippen molar-refractivity contribution in [2.24, 2.45) is 0 Å². The van der Waals surface area contributed by atoms with Crippen LogP contribution in [0.15, 0.2) is 71.6 Å². The summed E-state index contributed by atoms with van der Waals surface area (Å²) in [5, 5.41) is 8.54. The van der Waals surface area contributed by atoms with Gasteiger partial charge in [-0.1, -0.05) is 54.6 Å². The van der Waals surface area contributed by atoms with Crippen molar-refractivity contribution in [3.05, 3.63) is 77.9 Å². The second-order valence-electron chi connectivity index (χ2n) is 5.35. The lowest BCUT2D eigenvalue weighted by Gasteiger charge is -2.19. The average Bonchev–Trinajstić information content (AvgIpc) is 2.53. The molecule has 0 fully saturated rings. The molecule has 2 aromatic rings. The molecule has 0 aromatic heterocycles. The minimum atomic E-state index is -3.59. The van der Waals surface area contributed by atoms with E-state index in [9.17, 15) is 13.5 Å². The first-order chi connectivity index (χ1) is 10.4. The molecular formula is C18H20O3S. The van der Waals surface area contributed by atoms with E-state index in [1.165, 1.54) is 0 Å². The Hall–Kier alpha value is -1.91. The summed E-state index contributed by atoms with van der Waals surface area (Å²) >= 11 is 0. The summed E-state index contributed by atoms with van der Waals surface area (Å²) in [6, 6.07) is 16.1. The Morgan fingerprint density at radius 3 is 2.23 bits per heavy atom. The fraction of sp³-hybridized carbons (Fsp3) is 0.222. The molecule has 0 aliphatic heterocycles. The van der Waals surface area contributed by atoms with Crippen LogP contribution in [0.4, 0.5) is 0 Å². The summed E-state index contributed by atoms with van der Waals surface area (Å²) in [6.07, 6.45) is 0.302. The van der Waals surface area contributed by atoms with Gasteiger partial charge in [0.25, 0.3) is 0 Å². The maximum absolute atomic E-state index is 12.9. The Labute approximate surface area is 131 Å². The highest BCUT2D eigenvalue weighted by Gasteiger charge is 2.29. The number of aryl methyl sites for hydroxylation is 1. The maximum atomic E-state index is 12.9. The largest absolute Gasteiger partial charge is 0.392 e. The zero-order valence-electron chi connectivity index (χ0n) is 12.6. The third-order valence-corrected chi connectivity index (χ3v) is 5.82. The number of benzene rings is 2. The lowest BCUT2D eigenvalue weighted by molar-refractivity contribution is 0.327. The van der Waals surface area contributed by atoms with Crippen LogP contribution in [0.2, 0.25) is 0 Å². The van der Waals surface area contributed by atoms with Crippen molar-refractivity contribution >= 4 is 9.84 Å². The minimum absolute atomic E-state index is 0.258. The van der Waals surface area contributed by atoms with Gasteiger partial charge in [0.1, 0.15) is 0 Å². The van der Waals surface area contributed by atoms with E-state index in [0.29, 0.717) is 12.0 Å². The Balaban J connectivity index is 2.40. The van der Waals surface area contributed by atoms with Crippen LogP contribution in [0, 0.1) is 6.92 Å². The highest BCUT2D eigenvalue weighted by Crippen LogP contribution is 2.24. The fourth-order valence-corrected chi connectivity index (χ4v) is 4.06. The van der Waals surface area contributed by atoms with Gasteiger partial charge in [0, 0.05) is 0 Å². The quantitative estimate of drug-likeness (QED) is 0.834. The van der Waals surface area contributed by atoms with Crippen molar-refractivity contribution in [3.63, 3.8) is 0 Å². The Kier molecular flexibility index (Phi) is 5.16. The molecule has 2 rings (SSSR count). The molecule has 1 unspecified atom stereocenters. The molecule has 0 saturated heterocycles. The van der Waals surface area contributed by atoms with Crippen LogP contribution < -0.4 is 0 Å². The number of aliphatic hydroxyl groups is 1. The van der Waals surface area contributed by atoms with Crippen LogP contribution in [0.3, 0.4) is 0 Å². The Morgan fingerprint density at radius 2 is 1.68 bits per heavy atom. The van der Waals surface area contributed by atoms with E-state index in [-0.39, 0.29) is 11.5 Å². The molecular weight excluding hydrogens is 296 g/mol. The van der Waals surface area contributed by atoms with E-state index >= 15 is 0 Å². The van der Waals surface area contributed by atoms with Gasteiger partial charge in [-0.05, 0) is 36.6 Å². The topological polar surface area (TPSA) is 54.4 Å². The normalized spacial score (nSPS) is 12.8. The van der Waals surface area contributed by atoms with E-state index < -0.39 is 15.1 Å². The number of sulfone groups is 1. The van der Waals surface area contributed by atoms with Crippen molar-refractivity contribution < 1.29 is 13.5 Å². The maximum Gasteiger partial charge on any atom is 0.185 e. The molecule has 0 aliphatic rings. The van der Waals surface area contributed by atoms with Gasteiger partial charge in [-0.2, -0.15) is 0 Å². The van der Waals surface area contributed by atoms with Gasteiger partial charge < -0.3 is 5.11 Å². The SMILES string of the molecule is C=C(CO)C(Cc1ccccc1)S(=O)(=O)c1ccc(C)cc1. The number of rotatable bonds is 6. The second kappa shape index (κ2) is 6.90. The number of aliphatic hydroxyl groups excluding tert-OH is 1. The molecule has 0 bridgehead atoms. The van der Waals surface area contributed by atoms with Crippen LogP contribution in [-0.4, -0.2) is 25.4 Å². The van der Waals surface area contributed by atoms with Crippen molar-refractivity contribution in [3.8, 4) is 0 Å². The van der Waals surface area contributed by atoms with E-state index in [0.717, 1.165) is 11.1 Å². The molecule has 4 heteroatoms. The summed E-state index contributed by atoms with van der Waals surface area (Å²) in [4.78, 5) is 0.258. The molecule has 0 aliphatic carbocycles. The third-order valence-electron chi connectivity index (χ3n) is 3.65.